The molecule has 2 fully saturated rings. The zero-order valence-electron chi connectivity index (χ0n) is 20.5. The van der Waals surface area contributed by atoms with Crippen LogP contribution in [-0.4, -0.2) is 49.9 Å². The van der Waals surface area contributed by atoms with E-state index in [1.165, 1.54) is 43.4 Å². The molecule has 2 aliphatic carbocycles. The minimum atomic E-state index is 0.125. The highest BCUT2D eigenvalue weighted by atomic mass is 15.2. The number of rotatable bonds is 4. The Labute approximate surface area is 185 Å². The van der Waals surface area contributed by atoms with Crippen molar-refractivity contribution in [3.63, 3.8) is 0 Å². The van der Waals surface area contributed by atoms with Crippen molar-refractivity contribution >= 4 is 7.41 Å². The third-order valence-electron chi connectivity index (χ3n) is 9.82. The lowest BCUT2D eigenvalue weighted by Gasteiger charge is -2.73. The predicted molar refractivity (Wildman–Crippen MR) is 129 cm³/mol. The van der Waals surface area contributed by atoms with Gasteiger partial charge in [0.1, 0.15) is 0 Å². The number of nitrogens with zero attached hydrogens (tertiary/aromatic N) is 2. The van der Waals surface area contributed by atoms with E-state index < -0.39 is 0 Å². The Morgan fingerprint density at radius 3 is 2.60 bits per heavy atom. The van der Waals surface area contributed by atoms with Crippen LogP contribution in [0.15, 0.2) is 24.5 Å². The lowest BCUT2D eigenvalue weighted by atomic mass is 9.36. The molecule has 2 bridgehead atoms. The van der Waals surface area contributed by atoms with E-state index in [0.29, 0.717) is 12.1 Å². The largest absolute Gasteiger partial charge is 0.419 e. The van der Waals surface area contributed by atoms with Gasteiger partial charge in [-0.2, -0.15) is 0 Å². The van der Waals surface area contributed by atoms with E-state index in [1.807, 2.05) is 14.2 Å². The zero-order valence-corrected chi connectivity index (χ0v) is 20.5. The third kappa shape index (κ3) is 2.55. The minimum Gasteiger partial charge on any atom is -0.419 e. The molecular formula is C26H41BN3. The quantitative estimate of drug-likeness (QED) is 0.734. The Kier molecular flexibility index (Phi) is 5.12. The first-order valence-electron chi connectivity index (χ1n) is 11.8. The summed E-state index contributed by atoms with van der Waals surface area (Å²) in [5, 5.41) is 3.36. The van der Waals surface area contributed by atoms with Crippen molar-refractivity contribution in [1.82, 2.24) is 15.0 Å². The first-order chi connectivity index (χ1) is 14.0. The topological polar surface area (TPSA) is 18.5 Å². The van der Waals surface area contributed by atoms with Crippen LogP contribution in [0.4, 0.5) is 0 Å². The van der Waals surface area contributed by atoms with Crippen LogP contribution in [0.5, 0.6) is 0 Å². The highest BCUT2D eigenvalue weighted by molar-refractivity contribution is 6.30. The normalized spacial score (nSPS) is 34.5. The number of nitrogens with one attached hydrogen (secondary N) is 1. The molecule has 3 aliphatic rings. The first-order valence-corrected chi connectivity index (χ1v) is 11.8. The summed E-state index contributed by atoms with van der Waals surface area (Å²) in [5.74, 6) is 1.01. The highest BCUT2D eigenvalue weighted by Gasteiger charge is 2.69. The van der Waals surface area contributed by atoms with Gasteiger partial charge in [-0.05, 0) is 86.2 Å². The van der Waals surface area contributed by atoms with Crippen molar-refractivity contribution in [3.05, 3.63) is 46.8 Å². The monoisotopic (exact) mass is 406 g/mol. The molecule has 0 spiro atoms. The third-order valence-corrected chi connectivity index (χ3v) is 9.82. The van der Waals surface area contributed by atoms with E-state index in [-0.39, 0.29) is 16.2 Å². The van der Waals surface area contributed by atoms with E-state index >= 15 is 0 Å². The van der Waals surface area contributed by atoms with E-state index in [0.717, 1.165) is 5.82 Å². The van der Waals surface area contributed by atoms with Crippen LogP contribution in [-0.2, 0) is 11.8 Å². The molecule has 1 aliphatic heterocycles. The van der Waals surface area contributed by atoms with E-state index in [4.69, 9.17) is 0 Å². The van der Waals surface area contributed by atoms with Crippen LogP contribution in [0.2, 0.25) is 6.82 Å². The summed E-state index contributed by atoms with van der Waals surface area (Å²) < 4.78 is 0. The average Bonchev–Trinajstić information content (AvgIpc) is 2.67. The molecule has 1 aromatic rings. The van der Waals surface area contributed by atoms with Crippen LogP contribution in [0.1, 0.15) is 62.3 Å². The van der Waals surface area contributed by atoms with Gasteiger partial charge in [-0.1, -0.05) is 46.3 Å². The smallest absolute Gasteiger partial charge is 0.240 e. The number of aryl methyl sites for hydroxylation is 1. The molecule has 1 saturated carbocycles. The number of hydrogen-bond donors (Lipinski definition) is 1. The maximum Gasteiger partial charge on any atom is 0.240 e. The second kappa shape index (κ2) is 7.05. The van der Waals surface area contributed by atoms with Crippen molar-refractivity contribution in [1.29, 1.82) is 0 Å². The Hall–Kier alpha value is -1.42. The van der Waals surface area contributed by atoms with Crippen LogP contribution in [0.25, 0.3) is 0 Å². The Balaban J connectivity index is 1.95. The molecule has 1 N–H and O–H groups in total. The van der Waals surface area contributed by atoms with E-state index in [1.54, 1.807) is 11.1 Å². The number of piperidine rings is 1. The number of hydrogen-bond acceptors (Lipinski definition) is 3. The van der Waals surface area contributed by atoms with Gasteiger partial charge in [-0.3, -0.25) is 0 Å². The molecule has 3 nitrogen and oxygen atoms in total. The SMILES string of the molecule is C=C(N[B]C)N(C)C1CCC2(C)[C@@H]3Cc4ccc(C)c(C)c4[C@@]2(CCN3C)C1(C)C. The minimum absolute atomic E-state index is 0.125. The fraction of sp³-hybridized carbons (Fsp3) is 0.692. The standard InChI is InChI=1S/C26H41BN3/c1-17-10-11-20-16-22-25(6)13-12-21(30(9)19(3)28-27-7)24(4,5)26(25,14-15-29(22)8)23(20)18(17)2/h10-11,21-22,28H,3,12-16H2,1-2,4-9H3/t21?,22-,25?,26-/m0/s1. The van der Waals surface area contributed by atoms with Crippen LogP contribution >= 0.6 is 0 Å². The molecular weight excluding hydrogens is 365 g/mol. The summed E-state index contributed by atoms with van der Waals surface area (Å²) >= 11 is 0. The lowest BCUT2D eigenvalue weighted by molar-refractivity contribution is -0.159. The zero-order chi connectivity index (χ0) is 22.1. The van der Waals surface area contributed by atoms with Gasteiger partial charge in [0.25, 0.3) is 0 Å². The van der Waals surface area contributed by atoms with E-state index in [9.17, 15) is 0 Å². The van der Waals surface area contributed by atoms with Crippen LogP contribution in [0.3, 0.4) is 0 Å². The molecule has 163 valence electrons. The van der Waals surface area contributed by atoms with Gasteiger partial charge in [0.15, 0.2) is 0 Å². The molecule has 30 heavy (non-hydrogen) atoms. The van der Waals surface area contributed by atoms with E-state index in [2.05, 4.69) is 82.5 Å². The van der Waals surface area contributed by atoms with Gasteiger partial charge >= 0.3 is 0 Å². The summed E-state index contributed by atoms with van der Waals surface area (Å²) in [7, 11) is 6.59. The summed E-state index contributed by atoms with van der Waals surface area (Å²) in [6, 6.07) is 5.88. The number of benzene rings is 1. The molecule has 0 aromatic heterocycles. The second-order valence-corrected chi connectivity index (χ2v) is 11.1. The number of likely N-dealkylation sites (N-methyl/N-ethyl adjacent to an activating group) is 1. The van der Waals surface area contributed by atoms with Crippen molar-refractivity contribution in [2.45, 2.75) is 84.6 Å². The fourth-order valence-electron chi connectivity index (χ4n) is 8.17. The second-order valence-electron chi connectivity index (χ2n) is 11.1. The molecule has 1 aromatic carbocycles. The molecule has 4 rings (SSSR count). The summed E-state index contributed by atoms with van der Waals surface area (Å²) in [6.07, 6.45) is 4.93. The molecule has 1 heterocycles. The number of likely N-dealkylation sites (tertiary alicyclic amines) is 1. The predicted octanol–water partition coefficient (Wildman–Crippen LogP) is 4.66. The van der Waals surface area contributed by atoms with Crippen LogP contribution in [0, 0.1) is 24.7 Å². The molecule has 4 atom stereocenters. The molecule has 1 saturated heterocycles. The molecule has 2 unspecified atom stereocenters. The maximum atomic E-state index is 4.35. The Morgan fingerprint density at radius 2 is 1.93 bits per heavy atom. The summed E-state index contributed by atoms with van der Waals surface area (Å²) in [6.45, 7) is 20.0. The van der Waals surface area contributed by atoms with Crippen LogP contribution < -0.4 is 5.23 Å². The first kappa shape index (κ1) is 21.8. The lowest BCUT2D eigenvalue weighted by Crippen LogP contribution is -2.74. The van der Waals surface area contributed by atoms with Gasteiger partial charge < -0.3 is 15.0 Å². The van der Waals surface area contributed by atoms with Gasteiger partial charge in [0, 0.05) is 24.5 Å². The summed E-state index contributed by atoms with van der Waals surface area (Å²) in [5.41, 5.74) is 6.87. The van der Waals surface area contributed by atoms with Gasteiger partial charge in [0.2, 0.25) is 7.41 Å². The molecule has 1 radical (unpaired) electrons. The molecule has 0 amide bonds. The van der Waals surface area contributed by atoms with Crippen molar-refractivity contribution in [3.8, 4) is 0 Å². The fourth-order valence-corrected chi connectivity index (χ4v) is 8.17. The van der Waals surface area contributed by atoms with Gasteiger partial charge in [-0.25, -0.2) is 0 Å². The Bertz CT molecular complexity index is 862. The molecule has 4 heteroatoms. The van der Waals surface area contributed by atoms with Gasteiger partial charge in [-0.15, -0.1) is 0 Å². The number of fused-ring (bicyclic) bond motifs is 1. The van der Waals surface area contributed by atoms with Crippen molar-refractivity contribution in [2.24, 2.45) is 10.8 Å². The van der Waals surface area contributed by atoms with Crippen molar-refractivity contribution in [2.75, 3.05) is 20.6 Å². The Morgan fingerprint density at radius 1 is 1.23 bits per heavy atom. The average molecular weight is 406 g/mol. The highest BCUT2D eigenvalue weighted by Crippen LogP contribution is 2.70. The van der Waals surface area contributed by atoms with Gasteiger partial charge in [0.05, 0.1) is 5.82 Å². The summed E-state index contributed by atoms with van der Waals surface area (Å²) in [4.78, 5) is 5.10. The van der Waals surface area contributed by atoms with Crippen molar-refractivity contribution < 1.29 is 0 Å². The maximum absolute atomic E-state index is 4.35.